The van der Waals surface area contributed by atoms with E-state index in [4.69, 9.17) is 4.74 Å². The van der Waals surface area contributed by atoms with Crippen LogP contribution >= 0.6 is 24.0 Å². The summed E-state index contributed by atoms with van der Waals surface area (Å²) in [6.07, 6.45) is 1.48. The fourth-order valence-electron chi connectivity index (χ4n) is 2.79. The van der Waals surface area contributed by atoms with Gasteiger partial charge >= 0.3 is 0 Å². The topological polar surface area (TPSA) is 87.2 Å². The van der Waals surface area contributed by atoms with E-state index >= 15 is 0 Å². The van der Waals surface area contributed by atoms with Crippen molar-refractivity contribution in [1.82, 2.24) is 25.8 Å². The summed E-state index contributed by atoms with van der Waals surface area (Å²) >= 11 is 0. The smallest absolute Gasteiger partial charge is 0.191 e. The van der Waals surface area contributed by atoms with E-state index in [2.05, 4.69) is 30.8 Å². The molecule has 0 saturated heterocycles. The molecule has 7 nitrogen and oxygen atoms in total. The van der Waals surface area contributed by atoms with Gasteiger partial charge in [-0.3, -0.25) is 10.1 Å². The molecule has 0 bridgehead atoms. The Labute approximate surface area is 186 Å². The third-order valence-electron chi connectivity index (χ3n) is 4.33. The highest BCUT2D eigenvalue weighted by molar-refractivity contribution is 14.0. The number of rotatable bonds is 6. The molecule has 0 amide bonds. The Bertz CT molecular complexity index is 948. The van der Waals surface area contributed by atoms with Gasteiger partial charge < -0.3 is 15.4 Å². The number of hydrogen-bond donors (Lipinski definition) is 3. The summed E-state index contributed by atoms with van der Waals surface area (Å²) < 4.78 is 18.9. The molecule has 1 aromatic heterocycles. The largest absolute Gasteiger partial charge is 0.494 e. The van der Waals surface area contributed by atoms with E-state index in [0.717, 1.165) is 22.5 Å². The van der Waals surface area contributed by atoms with Crippen LogP contribution in [-0.4, -0.2) is 35.3 Å². The van der Waals surface area contributed by atoms with Crippen molar-refractivity contribution in [2.45, 2.75) is 19.5 Å². The summed E-state index contributed by atoms with van der Waals surface area (Å²) in [6, 6.07) is 12.8. The van der Waals surface area contributed by atoms with E-state index in [0.29, 0.717) is 12.5 Å². The fraction of sp³-hybridized carbons (Fsp3) is 0.250. The van der Waals surface area contributed by atoms with Gasteiger partial charge in [-0.15, -0.1) is 24.0 Å². The van der Waals surface area contributed by atoms with Crippen LogP contribution in [0.4, 0.5) is 4.39 Å². The highest BCUT2D eigenvalue weighted by Crippen LogP contribution is 2.21. The molecule has 0 spiro atoms. The standard InChI is InChI=1S/C20H23FN6O.HI/c1-13(15-7-8-18(28-3)17(21)10-15)26-20(22-2)23-11-14-5-4-6-16(9-14)19-24-12-25-27-19;/h4-10,12-13H,11H2,1-3H3,(H2,22,23,26)(H,24,25,27);1H. The van der Waals surface area contributed by atoms with Gasteiger partial charge in [0.2, 0.25) is 0 Å². The van der Waals surface area contributed by atoms with E-state index in [1.54, 1.807) is 13.1 Å². The number of H-pyrrole nitrogens is 1. The minimum atomic E-state index is -0.388. The van der Waals surface area contributed by atoms with Crippen LogP contribution in [-0.2, 0) is 6.54 Å². The average molecular weight is 510 g/mol. The number of aromatic amines is 1. The molecule has 9 heteroatoms. The molecule has 29 heavy (non-hydrogen) atoms. The van der Waals surface area contributed by atoms with Crippen LogP contribution in [0.25, 0.3) is 11.4 Å². The second kappa shape index (κ2) is 10.7. The van der Waals surface area contributed by atoms with Gasteiger partial charge in [-0.1, -0.05) is 24.3 Å². The molecule has 3 aromatic rings. The molecule has 0 saturated carbocycles. The second-order valence-electron chi connectivity index (χ2n) is 6.22. The van der Waals surface area contributed by atoms with Gasteiger partial charge in [0.1, 0.15) is 6.33 Å². The Balaban J connectivity index is 0.00000300. The number of nitrogens with one attached hydrogen (secondary N) is 3. The van der Waals surface area contributed by atoms with Crippen LogP contribution in [0, 0.1) is 5.82 Å². The van der Waals surface area contributed by atoms with Crippen molar-refractivity contribution in [2.75, 3.05) is 14.2 Å². The summed E-state index contributed by atoms with van der Waals surface area (Å²) in [5, 5.41) is 13.3. The van der Waals surface area contributed by atoms with Crippen molar-refractivity contribution in [3.63, 3.8) is 0 Å². The zero-order valence-corrected chi connectivity index (χ0v) is 18.8. The van der Waals surface area contributed by atoms with Crippen molar-refractivity contribution in [2.24, 2.45) is 4.99 Å². The van der Waals surface area contributed by atoms with Gasteiger partial charge in [0, 0.05) is 19.2 Å². The third kappa shape index (κ3) is 5.89. The summed E-state index contributed by atoms with van der Waals surface area (Å²) in [5.41, 5.74) is 2.83. The number of ether oxygens (including phenoxy) is 1. The maximum absolute atomic E-state index is 13.9. The van der Waals surface area contributed by atoms with Crippen molar-refractivity contribution >= 4 is 29.9 Å². The number of guanidine groups is 1. The lowest BCUT2D eigenvalue weighted by molar-refractivity contribution is 0.386. The molecule has 0 radical (unpaired) electrons. The van der Waals surface area contributed by atoms with Crippen molar-refractivity contribution in [3.05, 3.63) is 65.7 Å². The molecule has 2 aromatic carbocycles. The molecule has 0 aliphatic carbocycles. The molecule has 1 unspecified atom stereocenters. The SMILES string of the molecule is CN=C(NCc1cccc(-c2ncn[nH]2)c1)NC(C)c1ccc(OC)c(F)c1.I. The van der Waals surface area contributed by atoms with Gasteiger partial charge in [0.25, 0.3) is 0 Å². The zero-order chi connectivity index (χ0) is 19.9. The van der Waals surface area contributed by atoms with Crippen LogP contribution < -0.4 is 15.4 Å². The summed E-state index contributed by atoms with van der Waals surface area (Å²) in [6.45, 7) is 2.52. The average Bonchev–Trinajstić information content (AvgIpc) is 3.26. The molecule has 0 fully saturated rings. The number of hydrogen-bond acceptors (Lipinski definition) is 4. The Morgan fingerprint density at radius 1 is 1.28 bits per heavy atom. The van der Waals surface area contributed by atoms with E-state index in [9.17, 15) is 4.39 Å². The molecular formula is C20H24FIN6O. The van der Waals surface area contributed by atoms with E-state index < -0.39 is 0 Å². The Kier molecular flexibility index (Phi) is 8.37. The van der Waals surface area contributed by atoms with Crippen LogP contribution in [0.2, 0.25) is 0 Å². The van der Waals surface area contributed by atoms with E-state index in [1.807, 2.05) is 37.3 Å². The first-order chi connectivity index (χ1) is 13.6. The molecule has 3 rings (SSSR count). The van der Waals surface area contributed by atoms with E-state index in [1.165, 1.54) is 19.5 Å². The van der Waals surface area contributed by atoms with Crippen LogP contribution in [0.3, 0.4) is 0 Å². The van der Waals surface area contributed by atoms with Crippen LogP contribution in [0.5, 0.6) is 5.75 Å². The second-order valence-corrected chi connectivity index (χ2v) is 6.22. The number of aromatic nitrogens is 3. The first kappa shape index (κ1) is 22.6. The van der Waals surface area contributed by atoms with Crippen molar-refractivity contribution in [3.8, 4) is 17.1 Å². The number of methoxy groups -OCH3 is 1. The van der Waals surface area contributed by atoms with Gasteiger partial charge in [0.15, 0.2) is 23.4 Å². The number of aliphatic imine (C=N–C) groups is 1. The molecule has 3 N–H and O–H groups in total. The predicted octanol–water partition coefficient (Wildman–Crippen LogP) is 3.66. The van der Waals surface area contributed by atoms with E-state index in [-0.39, 0.29) is 41.6 Å². The lowest BCUT2D eigenvalue weighted by atomic mass is 10.1. The zero-order valence-electron chi connectivity index (χ0n) is 16.4. The number of benzene rings is 2. The highest BCUT2D eigenvalue weighted by atomic mass is 127. The lowest BCUT2D eigenvalue weighted by Gasteiger charge is -2.19. The van der Waals surface area contributed by atoms with Gasteiger partial charge in [-0.05, 0) is 36.2 Å². The van der Waals surface area contributed by atoms with Crippen molar-refractivity contribution < 1.29 is 9.13 Å². The number of halogens is 2. The maximum Gasteiger partial charge on any atom is 0.191 e. The summed E-state index contributed by atoms with van der Waals surface area (Å²) in [5.74, 6) is 1.18. The minimum absolute atomic E-state index is 0. The quantitative estimate of drug-likeness (QED) is 0.268. The molecule has 0 aliphatic rings. The molecule has 1 heterocycles. The first-order valence-corrected chi connectivity index (χ1v) is 8.86. The van der Waals surface area contributed by atoms with Gasteiger partial charge in [-0.2, -0.15) is 5.10 Å². The Hall–Kier alpha value is -2.69. The monoisotopic (exact) mass is 510 g/mol. The van der Waals surface area contributed by atoms with Gasteiger partial charge in [0.05, 0.1) is 13.2 Å². The number of nitrogens with zero attached hydrogens (tertiary/aromatic N) is 3. The molecule has 1 atom stereocenters. The van der Waals surface area contributed by atoms with Crippen LogP contribution in [0.15, 0.2) is 53.8 Å². The molecule has 154 valence electrons. The third-order valence-corrected chi connectivity index (χ3v) is 4.33. The van der Waals surface area contributed by atoms with Crippen molar-refractivity contribution in [1.29, 1.82) is 0 Å². The Morgan fingerprint density at radius 3 is 2.76 bits per heavy atom. The summed E-state index contributed by atoms with van der Waals surface area (Å²) in [4.78, 5) is 8.41. The minimum Gasteiger partial charge on any atom is -0.494 e. The predicted molar refractivity (Wildman–Crippen MR) is 122 cm³/mol. The normalized spacial score (nSPS) is 12.1. The first-order valence-electron chi connectivity index (χ1n) is 8.86. The molecular weight excluding hydrogens is 486 g/mol. The van der Waals surface area contributed by atoms with Crippen LogP contribution in [0.1, 0.15) is 24.1 Å². The summed E-state index contributed by atoms with van der Waals surface area (Å²) in [7, 11) is 3.14. The van der Waals surface area contributed by atoms with Gasteiger partial charge in [-0.25, -0.2) is 9.37 Å². The maximum atomic E-state index is 13.9. The Morgan fingerprint density at radius 2 is 2.10 bits per heavy atom. The molecule has 0 aliphatic heterocycles. The lowest BCUT2D eigenvalue weighted by Crippen LogP contribution is -2.38. The highest BCUT2D eigenvalue weighted by Gasteiger charge is 2.11. The fourth-order valence-corrected chi connectivity index (χ4v) is 2.79.